The summed E-state index contributed by atoms with van der Waals surface area (Å²) < 4.78 is 28.0. The maximum absolute atomic E-state index is 13.6. The quantitative estimate of drug-likeness (QED) is 0.914. The van der Waals surface area contributed by atoms with Crippen molar-refractivity contribution in [3.05, 3.63) is 47.2 Å². The molecule has 1 atom stereocenters. The Morgan fingerprint density at radius 2 is 2.05 bits per heavy atom. The molecule has 1 aromatic heterocycles. The first kappa shape index (κ1) is 15.0. The number of rotatable bonds is 3. The molecule has 1 aromatic carbocycles. The summed E-state index contributed by atoms with van der Waals surface area (Å²) in [5.41, 5.74) is 0.984. The highest BCUT2D eigenvalue weighted by molar-refractivity contribution is 5.88. The van der Waals surface area contributed by atoms with Crippen molar-refractivity contribution in [1.29, 1.82) is 0 Å². The van der Waals surface area contributed by atoms with Gasteiger partial charge in [0.25, 0.3) is 0 Å². The summed E-state index contributed by atoms with van der Waals surface area (Å²) in [6.07, 6.45) is 0. The van der Waals surface area contributed by atoms with Crippen LogP contribution in [-0.2, 0) is 7.05 Å². The first-order chi connectivity index (χ1) is 9.86. The largest absolute Gasteiger partial charge is 0.331 e. The average molecular weight is 294 g/mol. The molecule has 2 amide bonds. The standard InChI is InChI=1S/C14H16F2N4O/c1-8-6-13(20(3)19-8)18-14(21)17-9(2)11-5-4-10(15)7-12(11)16/h4-7,9H,1-3H3,(H2,17,18,21)/t9-/m0/s1. The number of anilines is 1. The van der Waals surface area contributed by atoms with Crippen LogP contribution in [0.4, 0.5) is 19.4 Å². The molecule has 1 heterocycles. The van der Waals surface area contributed by atoms with Crippen LogP contribution in [0, 0.1) is 18.6 Å². The normalized spacial score (nSPS) is 12.0. The molecule has 0 fully saturated rings. The minimum Gasteiger partial charge on any atom is -0.331 e. The van der Waals surface area contributed by atoms with E-state index in [0.29, 0.717) is 5.82 Å². The van der Waals surface area contributed by atoms with Gasteiger partial charge in [-0.3, -0.25) is 10.00 Å². The Bertz CT molecular complexity index is 669. The first-order valence-corrected chi connectivity index (χ1v) is 6.40. The number of amides is 2. The summed E-state index contributed by atoms with van der Waals surface area (Å²) >= 11 is 0. The highest BCUT2D eigenvalue weighted by Crippen LogP contribution is 2.18. The molecule has 0 unspecified atom stereocenters. The van der Waals surface area contributed by atoms with E-state index in [0.717, 1.165) is 17.8 Å². The predicted molar refractivity (Wildman–Crippen MR) is 74.9 cm³/mol. The average Bonchev–Trinajstić information content (AvgIpc) is 2.67. The van der Waals surface area contributed by atoms with E-state index in [1.165, 1.54) is 10.7 Å². The van der Waals surface area contributed by atoms with Crippen LogP contribution in [0.5, 0.6) is 0 Å². The summed E-state index contributed by atoms with van der Waals surface area (Å²) in [5.74, 6) is -0.825. The lowest BCUT2D eigenvalue weighted by molar-refractivity contribution is 0.249. The maximum Gasteiger partial charge on any atom is 0.320 e. The fourth-order valence-corrected chi connectivity index (χ4v) is 2.01. The predicted octanol–water partition coefficient (Wildman–Crippen LogP) is 2.89. The van der Waals surface area contributed by atoms with Gasteiger partial charge in [-0.25, -0.2) is 13.6 Å². The van der Waals surface area contributed by atoms with Gasteiger partial charge in [-0.05, 0) is 19.9 Å². The van der Waals surface area contributed by atoms with Crippen LogP contribution in [-0.4, -0.2) is 15.8 Å². The Hall–Kier alpha value is -2.44. The van der Waals surface area contributed by atoms with Crippen LogP contribution >= 0.6 is 0 Å². The van der Waals surface area contributed by atoms with Gasteiger partial charge in [0.1, 0.15) is 17.5 Å². The molecule has 21 heavy (non-hydrogen) atoms. The van der Waals surface area contributed by atoms with E-state index in [4.69, 9.17) is 0 Å². The van der Waals surface area contributed by atoms with Crippen molar-refractivity contribution in [2.45, 2.75) is 19.9 Å². The molecule has 0 aliphatic heterocycles. The number of aromatic nitrogens is 2. The lowest BCUT2D eigenvalue weighted by Crippen LogP contribution is -2.32. The molecule has 112 valence electrons. The van der Waals surface area contributed by atoms with E-state index >= 15 is 0 Å². The summed E-state index contributed by atoms with van der Waals surface area (Å²) in [6.45, 7) is 3.42. The van der Waals surface area contributed by atoms with Crippen LogP contribution < -0.4 is 10.6 Å². The van der Waals surface area contributed by atoms with Gasteiger partial charge in [0, 0.05) is 24.7 Å². The van der Waals surface area contributed by atoms with Gasteiger partial charge in [-0.1, -0.05) is 6.07 Å². The van der Waals surface area contributed by atoms with E-state index in [1.807, 2.05) is 0 Å². The van der Waals surface area contributed by atoms with Gasteiger partial charge in [-0.2, -0.15) is 5.10 Å². The highest BCUT2D eigenvalue weighted by atomic mass is 19.1. The number of urea groups is 1. The van der Waals surface area contributed by atoms with Crippen molar-refractivity contribution >= 4 is 11.8 Å². The second kappa shape index (κ2) is 5.90. The summed E-state index contributed by atoms with van der Waals surface area (Å²) in [5, 5.41) is 9.30. The van der Waals surface area contributed by atoms with Crippen molar-refractivity contribution in [2.75, 3.05) is 5.32 Å². The van der Waals surface area contributed by atoms with Crippen LogP contribution in [0.1, 0.15) is 24.2 Å². The zero-order chi connectivity index (χ0) is 15.6. The summed E-state index contributed by atoms with van der Waals surface area (Å²) in [6, 6.07) is 3.87. The molecule has 7 heteroatoms. The molecule has 0 saturated heterocycles. The topological polar surface area (TPSA) is 59.0 Å². The summed E-state index contributed by atoms with van der Waals surface area (Å²) in [7, 11) is 1.70. The molecule has 2 rings (SSSR count). The fourth-order valence-electron chi connectivity index (χ4n) is 2.01. The number of carbonyl (C=O) groups is 1. The number of aryl methyl sites for hydroxylation is 2. The van der Waals surface area contributed by atoms with Crippen molar-refractivity contribution in [3.63, 3.8) is 0 Å². The van der Waals surface area contributed by atoms with Crippen molar-refractivity contribution in [2.24, 2.45) is 7.05 Å². The molecule has 2 N–H and O–H groups in total. The second-order valence-electron chi connectivity index (χ2n) is 4.78. The second-order valence-corrected chi connectivity index (χ2v) is 4.78. The van der Waals surface area contributed by atoms with Crippen molar-refractivity contribution < 1.29 is 13.6 Å². The van der Waals surface area contributed by atoms with E-state index in [9.17, 15) is 13.6 Å². The van der Waals surface area contributed by atoms with E-state index in [1.54, 1.807) is 27.0 Å². The van der Waals surface area contributed by atoms with Crippen molar-refractivity contribution in [1.82, 2.24) is 15.1 Å². The molecule has 0 saturated carbocycles. The molecule has 0 bridgehead atoms. The smallest absolute Gasteiger partial charge is 0.320 e. The Kier molecular flexibility index (Phi) is 4.21. The fraction of sp³-hybridized carbons (Fsp3) is 0.286. The van der Waals surface area contributed by atoms with Gasteiger partial charge in [0.2, 0.25) is 0 Å². The number of nitrogens with one attached hydrogen (secondary N) is 2. The number of carbonyl (C=O) groups excluding carboxylic acids is 1. The Morgan fingerprint density at radius 1 is 1.33 bits per heavy atom. The Balaban J connectivity index is 2.03. The number of nitrogens with zero attached hydrogens (tertiary/aromatic N) is 2. The van der Waals surface area contributed by atoms with Gasteiger partial charge in [0.05, 0.1) is 11.7 Å². The monoisotopic (exact) mass is 294 g/mol. The van der Waals surface area contributed by atoms with Crippen LogP contribution in [0.15, 0.2) is 24.3 Å². The van der Waals surface area contributed by atoms with Crippen molar-refractivity contribution in [3.8, 4) is 0 Å². The molecular formula is C14H16F2N4O. The van der Waals surface area contributed by atoms with Gasteiger partial charge < -0.3 is 5.32 Å². The third-order valence-corrected chi connectivity index (χ3v) is 3.02. The van der Waals surface area contributed by atoms with E-state index < -0.39 is 23.7 Å². The van der Waals surface area contributed by atoms with Crippen LogP contribution in [0.25, 0.3) is 0 Å². The first-order valence-electron chi connectivity index (χ1n) is 6.40. The van der Waals surface area contributed by atoms with Crippen LogP contribution in [0.2, 0.25) is 0 Å². The minimum absolute atomic E-state index is 0.215. The highest BCUT2D eigenvalue weighted by Gasteiger charge is 2.15. The maximum atomic E-state index is 13.6. The Labute approximate surface area is 121 Å². The molecule has 0 aliphatic rings. The Morgan fingerprint density at radius 3 is 2.62 bits per heavy atom. The van der Waals surface area contributed by atoms with Gasteiger partial charge in [-0.15, -0.1) is 0 Å². The minimum atomic E-state index is -0.695. The van der Waals surface area contributed by atoms with E-state index in [-0.39, 0.29) is 5.56 Å². The zero-order valence-corrected chi connectivity index (χ0v) is 11.9. The third-order valence-electron chi connectivity index (χ3n) is 3.02. The molecule has 0 aliphatic carbocycles. The lowest BCUT2D eigenvalue weighted by Gasteiger charge is -2.15. The molecule has 2 aromatic rings. The molecule has 0 radical (unpaired) electrons. The van der Waals surface area contributed by atoms with Gasteiger partial charge in [0.15, 0.2) is 0 Å². The third kappa shape index (κ3) is 3.56. The molecule has 5 nitrogen and oxygen atoms in total. The number of halogens is 2. The van der Waals surface area contributed by atoms with Crippen LogP contribution in [0.3, 0.4) is 0 Å². The SMILES string of the molecule is Cc1cc(NC(=O)N[C@@H](C)c2ccc(F)cc2F)n(C)n1. The number of hydrogen-bond acceptors (Lipinski definition) is 2. The summed E-state index contributed by atoms with van der Waals surface area (Å²) in [4.78, 5) is 11.9. The lowest BCUT2D eigenvalue weighted by atomic mass is 10.1. The zero-order valence-electron chi connectivity index (χ0n) is 11.9. The molecule has 0 spiro atoms. The van der Waals surface area contributed by atoms with E-state index in [2.05, 4.69) is 15.7 Å². The van der Waals surface area contributed by atoms with Gasteiger partial charge >= 0.3 is 6.03 Å². The number of benzene rings is 1. The molecular weight excluding hydrogens is 278 g/mol. The number of hydrogen-bond donors (Lipinski definition) is 2.